The summed E-state index contributed by atoms with van der Waals surface area (Å²) in [4.78, 5) is 0. The van der Waals surface area contributed by atoms with Gasteiger partial charge in [-0.2, -0.15) is 0 Å². The molecule has 7 rings (SSSR count). The molecule has 0 aliphatic heterocycles. The fourth-order valence-electron chi connectivity index (χ4n) is 5.51. The monoisotopic (exact) mass is 407 g/mol. The first-order valence-corrected chi connectivity index (χ1v) is 11.2. The average molecular weight is 408 g/mol. The zero-order chi connectivity index (χ0) is 21.1. The van der Waals surface area contributed by atoms with Gasteiger partial charge < -0.3 is 4.57 Å². The molecule has 0 unspecified atom stereocenters. The maximum atomic E-state index is 2.39. The summed E-state index contributed by atoms with van der Waals surface area (Å²) in [5, 5.41) is 2.62. The molecule has 0 amide bonds. The van der Waals surface area contributed by atoms with Crippen LogP contribution in [-0.4, -0.2) is 4.57 Å². The minimum atomic E-state index is 1.01. The van der Waals surface area contributed by atoms with Crippen molar-refractivity contribution < 1.29 is 0 Å². The summed E-state index contributed by atoms with van der Waals surface area (Å²) in [6.45, 7) is 0. The number of aromatic nitrogens is 1. The van der Waals surface area contributed by atoms with Crippen molar-refractivity contribution in [2.75, 3.05) is 0 Å². The van der Waals surface area contributed by atoms with E-state index in [0.717, 1.165) is 6.42 Å². The standard InChI is InChI=1S/C31H21N/c1-2-12-23(13-3-1)32-28-18-7-6-15-27(28)31-26(17-9-19-29(31)32)25-16-8-11-22-20-21-10-4-5-14-24(21)30(22)25/h1-19H,20H2. The van der Waals surface area contributed by atoms with E-state index < -0.39 is 0 Å². The van der Waals surface area contributed by atoms with Crippen LogP contribution >= 0.6 is 0 Å². The molecule has 1 heterocycles. The van der Waals surface area contributed by atoms with Gasteiger partial charge in [-0.05, 0) is 64.1 Å². The summed E-state index contributed by atoms with van der Waals surface area (Å²) in [6, 6.07) is 41.9. The van der Waals surface area contributed by atoms with E-state index >= 15 is 0 Å². The van der Waals surface area contributed by atoms with E-state index in [1.165, 1.54) is 60.9 Å². The Morgan fingerprint density at radius 1 is 0.469 bits per heavy atom. The van der Waals surface area contributed by atoms with Crippen LogP contribution in [0, 0.1) is 0 Å². The molecule has 1 aromatic heterocycles. The van der Waals surface area contributed by atoms with E-state index in [0.29, 0.717) is 0 Å². The number of rotatable bonds is 2. The predicted octanol–water partition coefficient (Wildman–Crippen LogP) is 8.02. The van der Waals surface area contributed by atoms with Crippen molar-refractivity contribution in [1.29, 1.82) is 0 Å². The van der Waals surface area contributed by atoms with Gasteiger partial charge in [-0.25, -0.2) is 0 Å². The molecule has 1 nitrogen and oxygen atoms in total. The van der Waals surface area contributed by atoms with Crippen molar-refractivity contribution in [2.45, 2.75) is 6.42 Å². The largest absolute Gasteiger partial charge is 0.309 e. The topological polar surface area (TPSA) is 4.93 Å². The van der Waals surface area contributed by atoms with E-state index in [2.05, 4.69) is 120 Å². The second kappa shape index (κ2) is 6.70. The quantitative estimate of drug-likeness (QED) is 0.273. The Morgan fingerprint density at radius 3 is 2.06 bits per heavy atom. The van der Waals surface area contributed by atoms with Crippen LogP contribution in [0.3, 0.4) is 0 Å². The number of nitrogens with zero attached hydrogens (tertiary/aromatic N) is 1. The lowest BCUT2D eigenvalue weighted by Gasteiger charge is -2.12. The number of hydrogen-bond donors (Lipinski definition) is 0. The first-order chi connectivity index (χ1) is 15.9. The third-order valence-corrected chi connectivity index (χ3v) is 6.82. The van der Waals surface area contributed by atoms with Gasteiger partial charge in [-0.15, -0.1) is 0 Å². The summed E-state index contributed by atoms with van der Waals surface area (Å²) in [6.07, 6.45) is 1.01. The van der Waals surface area contributed by atoms with Crippen LogP contribution in [0.4, 0.5) is 0 Å². The van der Waals surface area contributed by atoms with Crippen molar-refractivity contribution in [3.63, 3.8) is 0 Å². The van der Waals surface area contributed by atoms with E-state index in [-0.39, 0.29) is 0 Å². The number of para-hydroxylation sites is 2. The van der Waals surface area contributed by atoms with Crippen molar-refractivity contribution in [3.05, 3.63) is 126 Å². The summed E-state index contributed by atoms with van der Waals surface area (Å²) >= 11 is 0. The summed E-state index contributed by atoms with van der Waals surface area (Å²) in [5.74, 6) is 0. The zero-order valence-corrected chi connectivity index (χ0v) is 17.6. The van der Waals surface area contributed by atoms with Gasteiger partial charge in [-0.1, -0.05) is 91.0 Å². The Bertz CT molecular complexity index is 1640. The molecule has 5 aromatic carbocycles. The van der Waals surface area contributed by atoms with Gasteiger partial charge in [0.25, 0.3) is 0 Å². The van der Waals surface area contributed by atoms with Crippen LogP contribution in [0.5, 0.6) is 0 Å². The molecule has 0 radical (unpaired) electrons. The molecule has 0 bridgehead atoms. The zero-order valence-electron chi connectivity index (χ0n) is 17.6. The summed E-state index contributed by atoms with van der Waals surface area (Å²) in [7, 11) is 0. The van der Waals surface area contributed by atoms with Crippen LogP contribution in [0.25, 0.3) is 49.7 Å². The van der Waals surface area contributed by atoms with Crippen LogP contribution < -0.4 is 0 Å². The Hall–Kier alpha value is -4.10. The lowest BCUT2D eigenvalue weighted by atomic mass is 9.91. The summed E-state index contributed by atoms with van der Waals surface area (Å²) < 4.78 is 2.39. The Labute approximate surface area is 187 Å². The fraction of sp³-hybridized carbons (Fsp3) is 0.0323. The van der Waals surface area contributed by atoms with E-state index in [4.69, 9.17) is 0 Å². The SMILES string of the molecule is c1ccc(-n2c3ccccc3c3c(-c4cccc5c4-c4ccccc4C5)cccc32)cc1. The predicted molar refractivity (Wildman–Crippen MR) is 134 cm³/mol. The highest BCUT2D eigenvalue weighted by Gasteiger charge is 2.23. The molecular formula is C31H21N. The Morgan fingerprint density at radius 2 is 1.12 bits per heavy atom. The highest BCUT2D eigenvalue weighted by molar-refractivity contribution is 6.17. The molecular weight excluding hydrogens is 386 g/mol. The van der Waals surface area contributed by atoms with Crippen molar-refractivity contribution in [1.82, 2.24) is 4.57 Å². The normalized spacial score (nSPS) is 12.2. The van der Waals surface area contributed by atoms with Crippen molar-refractivity contribution in [3.8, 4) is 27.9 Å². The molecule has 0 saturated carbocycles. The van der Waals surface area contributed by atoms with Gasteiger partial charge >= 0.3 is 0 Å². The molecule has 1 aliphatic carbocycles. The third kappa shape index (κ3) is 2.39. The highest BCUT2D eigenvalue weighted by atomic mass is 15.0. The van der Waals surface area contributed by atoms with Crippen LogP contribution in [0.15, 0.2) is 115 Å². The minimum absolute atomic E-state index is 1.01. The first kappa shape index (κ1) is 17.6. The van der Waals surface area contributed by atoms with Gasteiger partial charge in [0.05, 0.1) is 11.0 Å². The molecule has 0 spiro atoms. The van der Waals surface area contributed by atoms with Gasteiger partial charge in [-0.3, -0.25) is 0 Å². The molecule has 0 atom stereocenters. The minimum Gasteiger partial charge on any atom is -0.309 e. The molecule has 0 fully saturated rings. The van der Waals surface area contributed by atoms with E-state index in [1.807, 2.05) is 0 Å². The van der Waals surface area contributed by atoms with Crippen LogP contribution in [-0.2, 0) is 6.42 Å². The third-order valence-electron chi connectivity index (χ3n) is 6.82. The number of fused-ring (bicyclic) bond motifs is 6. The Kier molecular flexibility index (Phi) is 3.68. The lowest BCUT2D eigenvalue weighted by Crippen LogP contribution is -1.93. The molecule has 6 aromatic rings. The molecule has 0 saturated heterocycles. The number of hydrogen-bond acceptors (Lipinski definition) is 0. The smallest absolute Gasteiger partial charge is 0.0547 e. The van der Waals surface area contributed by atoms with Crippen LogP contribution in [0.2, 0.25) is 0 Å². The number of benzene rings is 5. The van der Waals surface area contributed by atoms with Gasteiger partial charge in [0, 0.05) is 16.5 Å². The molecule has 0 N–H and O–H groups in total. The van der Waals surface area contributed by atoms with Gasteiger partial charge in [0.15, 0.2) is 0 Å². The van der Waals surface area contributed by atoms with Crippen molar-refractivity contribution in [2.24, 2.45) is 0 Å². The second-order valence-corrected chi connectivity index (χ2v) is 8.56. The van der Waals surface area contributed by atoms with Gasteiger partial charge in [0.2, 0.25) is 0 Å². The fourth-order valence-corrected chi connectivity index (χ4v) is 5.51. The molecule has 32 heavy (non-hydrogen) atoms. The maximum Gasteiger partial charge on any atom is 0.0547 e. The van der Waals surface area contributed by atoms with Crippen LogP contribution in [0.1, 0.15) is 11.1 Å². The average Bonchev–Trinajstić information content (AvgIpc) is 3.40. The second-order valence-electron chi connectivity index (χ2n) is 8.56. The molecule has 150 valence electrons. The lowest BCUT2D eigenvalue weighted by molar-refractivity contribution is 1.18. The molecule has 1 heteroatoms. The first-order valence-electron chi connectivity index (χ1n) is 11.2. The summed E-state index contributed by atoms with van der Waals surface area (Å²) in [5.41, 5.74) is 11.9. The highest BCUT2D eigenvalue weighted by Crippen LogP contribution is 2.46. The van der Waals surface area contributed by atoms with Crippen molar-refractivity contribution >= 4 is 21.8 Å². The maximum absolute atomic E-state index is 2.39. The Balaban J connectivity index is 1.61. The van der Waals surface area contributed by atoms with E-state index in [1.54, 1.807) is 0 Å². The van der Waals surface area contributed by atoms with E-state index in [9.17, 15) is 0 Å². The molecule has 1 aliphatic rings. The van der Waals surface area contributed by atoms with Gasteiger partial charge in [0.1, 0.15) is 0 Å².